The molecule has 1 saturated heterocycles. The Bertz CT molecular complexity index is 557. The number of hydrogen-bond acceptors (Lipinski definition) is 4. The summed E-state index contributed by atoms with van der Waals surface area (Å²) in [7, 11) is 1.53. The number of nitriles is 1. The average molecular weight is 287 g/mol. The molecule has 0 bridgehead atoms. The van der Waals surface area contributed by atoms with E-state index in [1.807, 2.05) is 0 Å². The number of carbonyl (C=O) groups is 1. The molecule has 112 valence electrons. The minimum atomic E-state index is -0.315. The summed E-state index contributed by atoms with van der Waals surface area (Å²) in [5.74, 6) is 0.553. The van der Waals surface area contributed by atoms with Crippen molar-refractivity contribution in [1.82, 2.24) is 5.32 Å². The molecule has 0 atom stereocenters. The van der Waals surface area contributed by atoms with Gasteiger partial charge >= 0.3 is 0 Å². The van der Waals surface area contributed by atoms with Crippen molar-refractivity contribution in [3.63, 3.8) is 0 Å². The Morgan fingerprint density at radius 2 is 2.19 bits per heavy atom. The second kappa shape index (κ2) is 6.59. The standard InChI is InChI=1S/C16H21N3O2/c1-3-16(6-8-18-9-7-16)15(20)19-13-5-4-12(11-17)10-14(13)21-2/h4-5,10,18H,3,6-9H2,1-2H3,(H,19,20). The maximum Gasteiger partial charge on any atom is 0.230 e. The summed E-state index contributed by atoms with van der Waals surface area (Å²) in [6.45, 7) is 3.79. The van der Waals surface area contributed by atoms with Crippen molar-refractivity contribution in [3.8, 4) is 11.8 Å². The van der Waals surface area contributed by atoms with Crippen LogP contribution < -0.4 is 15.4 Å². The van der Waals surface area contributed by atoms with Crippen LogP contribution >= 0.6 is 0 Å². The number of amides is 1. The number of benzene rings is 1. The number of nitrogens with zero attached hydrogens (tertiary/aromatic N) is 1. The molecule has 0 spiro atoms. The minimum Gasteiger partial charge on any atom is -0.495 e. The van der Waals surface area contributed by atoms with Gasteiger partial charge in [0.05, 0.1) is 29.8 Å². The molecule has 2 N–H and O–H groups in total. The Morgan fingerprint density at radius 3 is 2.76 bits per heavy atom. The third kappa shape index (κ3) is 3.17. The van der Waals surface area contributed by atoms with Crippen molar-refractivity contribution >= 4 is 11.6 Å². The third-order valence-electron chi connectivity index (χ3n) is 4.30. The topological polar surface area (TPSA) is 74.2 Å². The minimum absolute atomic E-state index is 0.0366. The zero-order valence-corrected chi connectivity index (χ0v) is 12.5. The summed E-state index contributed by atoms with van der Waals surface area (Å²) in [4.78, 5) is 12.7. The van der Waals surface area contributed by atoms with Crippen LogP contribution in [0.1, 0.15) is 31.7 Å². The molecule has 0 radical (unpaired) electrons. The first-order valence-electron chi connectivity index (χ1n) is 7.25. The molecular weight excluding hydrogens is 266 g/mol. The number of anilines is 1. The summed E-state index contributed by atoms with van der Waals surface area (Å²) in [5.41, 5.74) is 0.814. The maximum atomic E-state index is 12.7. The molecule has 21 heavy (non-hydrogen) atoms. The molecule has 5 heteroatoms. The van der Waals surface area contributed by atoms with Gasteiger partial charge in [-0.25, -0.2) is 0 Å². The molecule has 1 amide bonds. The summed E-state index contributed by atoms with van der Waals surface area (Å²) in [6, 6.07) is 7.10. The first kappa shape index (κ1) is 15.3. The molecule has 0 saturated carbocycles. The lowest BCUT2D eigenvalue weighted by Gasteiger charge is -2.35. The molecule has 1 heterocycles. The van der Waals surface area contributed by atoms with Crippen molar-refractivity contribution < 1.29 is 9.53 Å². The predicted molar refractivity (Wildman–Crippen MR) is 81.2 cm³/mol. The van der Waals surface area contributed by atoms with Gasteiger partial charge in [-0.15, -0.1) is 0 Å². The largest absolute Gasteiger partial charge is 0.495 e. The molecule has 1 aliphatic rings. The molecule has 2 rings (SSSR count). The Kier molecular flexibility index (Phi) is 4.81. The van der Waals surface area contributed by atoms with Gasteiger partial charge in [0.15, 0.2) is 0 Å². The van der Waals surface area contributed by atoms with E-state index in [-0.39, 0.29) is 11.3 Å². The van der Waals surface area contributed by atoms with Crippen LogP contribution in [-0.2, 0) is 4.79 Å². The Morgan fingerprint density at radius 1 is 1.48 bits per heavy atom. The van der Waals surface area contributed by atoms with E-state index < -0.39 is 0 Å². The van der Waals surface area contributed by atoms with Crippen LogP contribution in [0.2, 0.25) is 0 Å². The lowest BCUT2D eigenvalue weighted by atomic mass is 9.76. The SMILES string of the molecule is CCC1(C(=O)Nc2ccc(C#N)cc2OC)CCNCC1. The van der Waals surface area contributed by atoms with Crippen molar-refractivity contribution in [1.29, 1.82) is 5.26 Å². The van der Waals surface area contributed by atoms with Crippen molar-refractivity contribution in [2.45, 2.75) is 26.2 Å². The van der Waals surface area contributed by atoms with Gasteiger partial charge in [-0.05, 0) is 44.5 Å². The van der Waals surface area contributed by atoms with Crippen LogP contribution in [0.5, 0.6) is 5.75 Å². The van der Waals surface area contributed by atoms with Gasteiger partial charge in [-0.2, -0.15) is 5.26 Å². The fourth-order valence-electron chi connectivity index (χ4n) is 2.77. The summed E-state index contributed by atoms with van der Waals surface area (Å²) in [5, 5.41) is 15.2. The van der Waals surface area contributed by atoms with Crippen molar-refractivity contribution in [3.05, 3.63) is 23.8 Å². The summed E-state index contributed by atoms with van der Waals surface area (Å²) >= 11 is 0. The van der Waals surface area contributed by atoms with Crippen molar-refractivity contribution in [2.24, 2.45) is 5.41 Å². The van der Waals surface area contributed by atoms with Crippen LogP contribution in [-0.4, -0.2) is 26.1 Å². The van der Waals surface area contributed by atoms with Crippen LogP contribution in [0.3, 0.4) is 0 Å². The Labute approximate surface area is 125 Å². The lowest BCUT2D eigenvalue weighted by molar-refractivity contribution is -0.127. The first-order chi connectivity index (χ1) is 10.1. The van der Waals surface area contributed by atoms with Gasteiger partial charge in [-0.3, -0.25) is 4.79 Å². The van der Waals surface area contributed by atoms with Crippen LogP contribution in [0.15, 0.2) is 18.2 Å². The van der Waals surface area contributed by atoms with Crippen LogP contribution in [0, 0.1) is 16.7 Å². The van der Waals surface area contributed by atoms with Gasteiger partial charge in [0.1, 0.15) is 5.75 Å². The zero-order valence-electron chi connectivity index (χ0n) is 12.5. The molecule has 5 nitrogen and oxygen atoms in total. The normalized spacial score (nSPS) is 16.8. The van der Waals surface area contributed by atoms with E-state index in [0.29, 0.717) is 17.0 Å². The maximum absolute atomic E-state index is 12.7. The van der Waals surface area contributed by atoms with E-state index in [0.717, 1.165) is 32.4 Å². The highest BCUT2D eigenvalue weighted by atomic mass is 16.5. The Balaban J connectivity index is 2.20. The molecule has 1 fully saturated rings. The highest BCUT2D eigenvalue weighted by Gasteiger charge is 2.37. The van der Waals surface area contributed by atoms with E-state index in [1.165, 1.54) is 7.11 Å². The van der Waals surface area contributed by atoms with Crippen LogP contribution in [0.25, 0.3) is 0 Å². The smallest absolute Gasteiger partial charge is 0.230 e. The summed E-state index contributed by atoms with van der Waals surface area (Å²) in [6.07, 6.45) is 2.50. The van der Waals surface area contributed by atoms with E-state index >= 15 is 0 Å². The number of hydrogen-bond donors (Lipinski definition) is 2. The van der Waals surface area contributed by atoms with Gasteiger partial charge in [0.25, 0.3) is 0 Å². The predicted octanol–water partition coefficient (Wildman–Crippen LogP) is 2.29. The number of methoxy groups -OCH3 is 1. The summed E-state index contributed by atoms with van der Waals surface area (Å²) < 4.78 is 5.26. The molecule has 0 aromatic heterocycles. The van der Waals surface area contributed by atoms with Gasteiger partial charge < -0.3 is 15.4 Å². The number of ether oxygens (including phenoxy) is 1. The number of piperidine rings is 1. The molecule has 0 unspecified atom stereocenters. The van der Waals surface area contributed by atoms with E-state index in [9.17, 15) is 4.79 Å². The zero-order chi connectivity index (χ0) is 15.3. The van der Waals surface area contributed by atoms with Gasteiger partial charge in [-0.1, -0.05) is 6.92 Å². The molecular formula is C16H21N3O2. The number of rotatable bonds is 4. The van der Waals surface area contributed by atoms with Gasteiger partial charge in [0, 0.05) is 6.07 Å². The fourth-order valence-corrected chi connectivity index (χ4v) is 2.77. The van der Waals surface area contributed by atoms with Crippen LogP contribution in [0.4, 0.5) is 5.69 Å². The van der Waals surface area contributed by atoms with E-state index in [2.05, 4.69) is 23.6 Å². The molecule has 0 aliphatic carbocycles. The van der Waals surface area contributed by atoms with E-state index in [1.54, 1.807) is 18.2 Å². The monoisotopic (exact) mass is 287 g/mol. The number of carbonyl (C=O) groups excluding carboxylic acids is 1. The quantitative estimate of drug-likeness (QED) is 0.891. The van der Waals surface area contributed by atoms with Gasteiger partial charge in [0.2, 0.25) is 5.91 Å². The molecule has 1 aromatic rings. The second-order valence-electron chi connectivity index (χ2n) is 5.36. The number of nitrogens with one attached hydrogen (secondary N) is 2. The average Bonchev–Trinajstić information content (AvgIpc) is 2.55. The fraction of sp³-hybridized carbons (Fsp3) is 0.500. The van der Waals surface area contributed by atoms with Crippen molar-refractivity contribution in [2.75, 3.05) is 25.5 Å². The highest BCUT2D eigenvalue weighted by Crippen LogP contribution is 2.35. The highest BCUT2D eigenvalue weighted by molar-refractivity contribution is 5.96. The first-order valence-corrected chi connectivity index (χ1v) is 7.25. The van der Waals surface area contributed by atoms with E-state index in [4.69, 9.17) is 10.00 Å². The lowest BCUT2D eigenvalue weighted by Crippen LogP contribution is -2.44. The molecule has 1 aliphatic heterocycles. The second-order valence-corrected chi connectivity index (χ2v) is 5.36. The molecule has 1 aromatic carbocycles. The Hall–Kier alpha value is -2.06. The third-order valence-corrected chi connectivity index (χ3v) is 4.30.